The van der Waals surface area contributed by atoms with Gasteiger partial charge in [0, 0.05) is 30.3 Å². The highest BCUT2D eigenvalue weighted by atomic mass is 16.6. The van der Waals surface area contributed by atoms with E-state index in [1.165, 1.54) is 12.1 Å². The van der Waals surface area contributed by atoms with Crippen molar-refractivity contribution in [3.63, 3.8) is 0 Å². The van der Waals surface area contributed by atoms with E-state index >= 15 is 0 Å². The van der Waals surface area contributed by atoms with Crippen LogP contribution in [0.2, 0.25) is 0 Å². The molecule has 1 N–H and O–H groups in total. The van der Waals surface area contributed by atoms with Crippen molar-refractivity contribution in [3.05, 3.63) is 69.3 Å². The van der Waals surface area contributed by atoms with Crippen LogP contribution in [-0.2, 0) is 6.54 Å². The summed E-state index contributed by atoms with van der Waals surface area (Å²) in [5, 5.41) is 13.8. The van der Waals surface area contributed by atoms with Gasteiger partial charge in [-0.1, -0.05) is 18.2 Å². The van der Waals surface area contributed by atoms with E-state index in [0.29, 0.717) is 24.3 Å². The van der Waals surface area contributed by atoms with E-state index in [0.717, 1.165) is 17.9 Å². The Morgan fingerprint density at radius 1 is 1.19 bits per heavy atom. The molecule has 0 unspecified atom stereocenters. The molecule has 26 heavy (non-hydrogen) atoms. The standard InChI is InChI=1S/C19H23N3O4/c1-14-17(5-4-6-18(14)22(24)25)19(23)20-13-15-7-9-16(10-8-15)26-12-11-21(2)3/h4-10H,11-13H2,1-3H3,(H,20,23). The molecule has 2 aromatic rings. The second-order valence-corrected chi connectivity index (χ2v) is 6.19. The first-order valence-corrected chi connectivity index (χ1v) is 8.27. The zero-order chi connectivity index (χ0) is 19.1. The van der Waals surface area contributed by atoms with Crippen molar-refractivity contribution in [2.45, 2.75) is 13.5 Å². The fourth-order valence-electron chi connectivity index (χ4n) is 2.39. The summed E-state index contributed by atoms with van der Waals surface area (Å²) in [6.45, 7) is 3.35. The highest BCUT2D eigenvalue weighted by Gasteiger charge is 2.17. The summed E-state index contributed by atoms with van der Waals surface area (Å²) in [6, 6.07) is 12.0. The van der Waals surface area contributed by atoms with Crippen molar-refractivity contribution in [2.75, 3.05) is 27.2 Å². The topological polar surface area (TPSA) is 84.7 Å². The Morgan fingerprint density at radius 3 is 2.50 bits per heavy atom. The number of ether oxygens (including phenoxy) is 1. The van der Waals surface area contributed by atoms with E-state index in [1.807, 2.05) is 43.3 Å². The predicted octanol–water partition coefficient (Wildman–Crippen LogP) is 2.77. The van der Waals surface area contributed by atoms with Crippen LogP contribution in [0.15, 0.2) is 42.5 Å². The quantitative estimate of drug-likeness (QED) is 0.580. The summed E-state index contributed by atoms with van der Waals surface area (Å²) in [5.41, 5.74) is 1.53. The summed E-state index contributed by atoms with van der Waals surface area (Å²) in [6.07, 6.45) is 0. The van der Waals surface area contributed by atoms with Crippen molar-refractivity contribution in [1.29, 1.82) is 0 Å². The number of nitrogens with zero attached hydrogens (tertiary/aromatic N) is 2. The van der Waals surface area contributed by atoms with Gasteiger partial charge in [0.15, 0.2) is 0 Å². The number of nitro benzene ring substituents is 1. The molecule has 2 rings (SSSR count). The summed E-state index contributed by atoms with van der Waals surface area (Å²) >= 11 is 0. The van der Waals surface area contributed by atoms with E-state index in [2.05, 4.69) is 5.32 Å². The fourth-order valence-corrected chi connectivity index (χ4v) is 2.39. The fraction of sp³-hybridized carbons (Fsp3) is 0.316. The van der Waals surface area contributed by atoms with Gasteiger partial charge in [-0.3, -0.25) is 14.9 Å². The van der Waals surface area contributed by atoms with Gasteiger partial charge < -0.3 is 15.0 Å². The number of hydrogen-bond acceptors (Lipinski definition) is 5. The third-order valence-corrected chi connectivity index (χ3v) is 3.93. The van der Waals surface area contributed by atoms with E-state index in [4.69, 9.17) is 4.74 Å². The predicted molar refractivity (Wildman–Crippen MR) is 99.5 cm³/mol. The van der Waals surface area contributed by atoms with Crippen LogP contribution in [-0.4, -0.2) is 43.0 Å². The molecule has 0 radical (unpaired) electrons. The van der Waals surface area contributed by atoms with E-state index in [9.17, 15) is 14.9 Å². The molecule has 0 aliphatic carbocycles. The first kappa shape index (κ1) is 19.4. The summed E-state index contributed by atoms with van der Waals surface area (Å²) in [7, 11) is 3.97. The summed E-state index contributed by atoms with van der Waals surface area (Å²) < 4.78 is 5.63. The van der Waals surface area contributed by atoms with E-state index in [-0.39, 0.29) is 11.6 Å². The lowest BCUT2D eigenvalue weighted by molar-refractivity contribution is -0.385. The Hall–Kier alpha value is -2.93. The third kappa shape index (κ3) is 5.29. The minimum Gasteiger partial charge on any atom is -0.492 e. The first-order chi connectivity index (χ1) is 12.4. The average Bonchev–Trinajstić information content (AvgIpc) is 2.60. The van der Waals surface area contributed by atoms with Gasteiger partial charge in [-0.2, -0.15) is 0 Å². The van der Waals surface area contributed by atoms with Crippen LogP contribution in [0.3, 0.4) is 0 Å². The van der Waals surface area contributed by atoms with Gasteiger partial charge in [-0.05, 0) is 44.8 Å². The zero-order valence-electron chi connectivity index (χ0n) is 15.2. The Balaban J connectivity index is 1.93. The normalized spacial score (nSPS) is 10.6. The van der Waals surface area contributed by atoms with Crippen LogP contribution in [0.1, 0.15) is 21.5 Å². The lowest BCUT2D eigenvalue weighted by Crippen LogP contribution is -2.23. The molecule has 0 atom stereocenters. The number of carbonyl (C=O) groups excluding carboxylic acids is 1. The van der Waals surface area contributed by atoms with Crippen LogP contribution in [0.4, 0.5) is 5.69 Å². The maximum Gasteiger partial charge on any atom is 0.273 e. The van der Waals surface area contributed by atoms with E-state index < -0.39 is 4.92 Å². The third-order valence-electron chi connectivity index (χ3n) is 3.93. The lowest BCUT2D eigenvalue weighted by Gasteiger charge is -2.11. The van der Waals surface area contributed by atoms with Crippen LogP contribution in [0.5, 0.6) is 5.75 Å². The lowest BCUT2D eigenvalue weighted by atomic mass is 10.1. The number of benzene rings is 2. The highest BCUT2D eigenvalue weighted by Crippen LogP contribution is 2.21. The second-order valence-electron chi connectivity index (χ2n) is 6.19. The number of nitro groups is 1. The van der Waals surface area contributed by atoms with Crippen molar-refractivity contribution in [2.24, 2.45) is 0 Å². The van der Waals surface area contributed by atoms with Gasteiger partial charge in [0.25, 0.3) is 11.6 Å². The van der Waals surface area contributed by atoms with Gasteiger partial charge >= 0.3 is 0 Å². The van der Waals surface area contributed by atoms with Gasteiger partial charge in [0.2, 0.25) is 0 Å². The maximum absolute atomic E-state index is 12.3. The SMILES string of the molecule is Cc1c(C(=O)NCc2ccc(OCCN(C)C)cc2)cccc1[N+](=O)[O-]. The molecule has 0 saturated heterocycles. The van der Waals surface area contributed by atoms with Gasteiger partial charge in [-0.15, -0.1) is 0 Å². The molecule has 7 heteroatoms. The Bertz CT molecular complexity index is 773. The average molecular weight is 357 g/mol. The monoisotopic (exact) mass is 357 g/mol. The Kier molecular flexibility index (Phi) is 6.68. The number of amides is 1. The minimum atomic E-state index is -0.485. The highest BCUT2D eigenvalue weighted by molar-refractivity contribution is 5.96. The molecule has 1 amide bonds. The molecule has 138 valence electrons. The molecule has 0 fully saturated rings. The van der Waals surface area contributed by atoms with Crippen LogP contribution in [0.25, 0.3) is 0 Å². The van der Waals surface area contributed by atoms with Crippen LogP contribution >= 0.6 is 0 Å². The first-order valence-electron chi connectivity index (χ1n) is 8.27. The molecular formula is C19H23N3O4. The van der Waals surface area contributed by atoms with Crippen molar-refractivity contribution in [3.8, 4) is 5.75 Å². The number of carbonyl (C=O) groups is 1. The van der Waals surface area contributed by atoms with Gasteiger partial charge in [0.05, 0.1) is 4.92 Å². The van der Waals surface area contributed by atoms with E-state index in [1.54, 1.807) is 13.0 Å². The largest absolute Gasteiger partial charge is 0.492 e. The summed E-state index contributed by atoms with van der Waals surface area (Å²) in [4.78, 5) is 24.9. The zero-order valence-corrected chi connectivity index (χ0v) is 15.2. The molecule has 0 saturated carbocycles. The molecule has 0 spiro atoms. The number of nitrogens with one attached hydrogen (secondary N) is 1. The van der Waals surface area contributed by atoms with Crippen molar-refractivity contribution in [1.82, 2.24) is 10.2 Å². The number of rotatable bonds is 8. The minimum absolute atomic E-state index is 0.0584. The molecule has 7 nitrogen and oxygen atoms in total. The van der Waals surface area contributed by atoms with Crippen molar-refractivity contribution >= 4 is 11.6 Å². The van der Waals surface area contributed by atoms with Crippen LogP contribution in [0, 0.1) is 17.0 Å². The molecule has 0 heterocycles. The summed E-state index contributed by atoms with van der Waals surface area (Å²) in [5.74, 6) is 0.439. The molecule has 0 aromatic heterocycles. The van der Waals surface area contributed by atoms with Gasteiger partial charge in [-0.25, -0.2) is 0 Å². The van der Waals surface area contributed by atoms with Crippen LogP contribution < -0.4 is 10.1 Å². The Labute approximate surface area is 152 Å². The van der Waals surface area contributed by atoms with Gasteiger partial charge in [0.1, 0.15) is 12.4 Å². The molecule has 2 aromatic carbocycles. The number of likely N-dealkylation sites (N-methyl/N-ethyl adjacent to an activating group) is 1. The second kappa shape index (κ2) is 8.96. The molecule has 0 aliphatic heterocycles. The Morgan fingerprint density at radius 2 is 1.88 bits per heavy atom. The number of hydrogen-bond donors (Lipinski definition) is 1. The van der Waals surface area contributed by atoms with Crippen molar-refractivity contribution < 1.29 is 14.5 Å². The maximum atomic E-state index is 12.3. The smallest absolute Gasteiger partial charge is 0.273 e. The molecule has 0 bridgehead atoms. The molecule has 0 aliphatic rings. The molecular weight excluding hydrogens is 334 g/mol.